The summed E-state index contributed by atoms with van der Waals surface area (Å²) in [6.45, 7) is 8.96. The first kappa shape index (κ1) is 17.8. The normalized spacial score (nSPS) is 10.7. The second-order valence-corrected chi connectivity index (χ2v) is 4.77. The Morgan fingerprint density at radius 1 is 1.05 bits per heavy atom. The van der Waals surface area contributed by atoms with Crippen LogP contribution >= 0.6 is 0 Å². The van der Waals surface area contributed by atoms with Gasteiger partial charge in [0.15, 0.2) is 5.41 Å². The van der Waals surface area contributed by atoms with Crippen LogP contribution in [0.2, 0.25) is 0 Å². The lowest BCUT2D eigenvalue weighted by molar-refractivity contribution is -0.167. The first-order chi connectivity index (χ1) is 10.5. The zero-order valence-electron chi connectivity index (χ0n) is 13.3. The number of hydrogen-bond donors (Lipinski definition) is 0. The van der Waals surface area contributed by atoms with Gasteiger partial charge >= 0.3 is 11.9 Å². The van der Waals surface area contributed by atoms with E-state index in [-0.39, 0.29) is 25.4 Å². The van der Waals surface area contributed by atoms with Crippen molar-refractivity contribution in [3.8, 4) is 5.75 Å². The monoisotopic (exact) mass is 306 g/mol. The Balaban J connectivity index is 2.88. The molecule has 0 saturated heterocycles. The molecule has 0 spiro atoms. The molecule has 0 atom stereocenters. The average molecular weight is 306 g/mol. The van der Waals surface area contributed by atoms with Crippen molar-refractivity contribution in [2.24, 2.45) is 5.41 Å². The first-order valence-electron chi connectivity index (χ1n) is 7.17. The molecule has 22 heavy (non-hydrogen) atoms. The van der Waals surface area contributed by atoms with E-state index in [0.29, 0.717) is 5.75 Å². The molecule has 0 aliphatic rings. The maximum absolute atomic E-state index is 12.2. The summed E-state index contributed by atoms with van der Waals surface area (Å²) in [5.41, 5.74) is -1.30. The van der Waals surface area contributed by atoms with Crippen LogP contribution in [0.5, 0.6) is 5.75 Å². The van der Waals surface area contributed by atoms with Crippen LogP contribution in [0, 0.1) is 5.41 Å². The molecule has 0 bridgehead atoms. The highest BCUT2D eigenvalue weighted by molar-refractivity contribution is 6.03. The Morgan fingerprint density at radius 3 is 2.00 bits per heavy atom. The zero-order chi connectivity index (χ0) is 16.6. The molecule has 1 rings (SSSR count). The van der Waals surface area contributed by atoms with Crippen LogP contribution in [0.1, 0.15) is 20.8 Å². The van der Waals surface area contributed by atoms with Gasteiger partial charge in [-0.05, 0) is 38.5 Å². The van der Waals surface area contributed by atoms with Gasteiger partial charge in [0, 0.05) is 0 Å². The van der Waals surface area contributed by atoms with Gasteiger partial charge in [0.05, 0.1) is 13.2 Å². The molecule has 0 amide bonds. The van der Waals surface area contributed by atoms with E-state index in [4.69, 9.17) is 14.2 Å². The number of carbonyl (C=O) groups excluding carboxylic acids is 2. The molecule has 0 heterocycles. The summed E-state index contributed by atoms with van der Waals surface area (Å²) in [4.78, 5) is 24.4. The van der Waals surface area contributed by atoms with Gasteiger partial charge in [-0.25, -0.2) is 0 Å². The van der Waals surface area contributed by atoms with Crippen molar-refractivity contribution in [3.63, 3.8) is 0 Å². The standard InChI is InChI=1S/C17H22O5/c1-5-20-15(18)17(4,16(19)21-6-2)13(3)12-22-14-10-8-7-9-11-14/h7-11H,3,5-6,12H2,1-2,4H3. The molecule has 0 aliphatic carbocycles. The maximum atomic E-state index is 12.2. The van der Waals surface area contributed by atoms with Gasteiger partial charge in [-0.3, -0.25) is 9.59 Å². The van der Waals surface area contributed by atoms with Crippen molar-refractivity contribution >= 4 is 11.9 Å². The SMILES string of the molecule is C=C(COc1ccccc1)C(C)(C(=O)OCC)C(=O)OCC. The fourth-order valence-electron chi connectivity index (χ4n) is 1.75. The average Bonchev–Trinajstić information content (AvgIpc) is 2.53. The Labute approximate surface area is 130 Å². The Hall–Kier alpha value is -2.30. The second kappa shape index (κ2) is 8.22. The number of hydrogen-bond acceptors (Lipinski definition) is 5. The van der Waals surface area contributed by atoms with E-state index in [1.165, 1.54) is 6.92 Å². The lowest BCUT2D eigenvalue weighted by atomic mass is 9.83. The molecule has 0 fully saturated rings. The molecule has 0 N–H and O–H groups in total. The number of carbonyl (C=O) groups is 2. The van der Waals surface area contributed by atoms with Gasteiger partial charge in [-0.1, -0.05) is 24.8 Å². The van der Waals surface area contributed by atoms with Gasteiger partial charge in [0.2, 0.25) is 0 Å². The summed E-state index contributed by atoms with van der Waals surface area (Å²) < 4.78 is 15.5. The Kier molecular flexibility index (Phi) is 6.63. The van der Waals surface area contributed by atoms with E-state index in [2.05, 4.69) is 6.58 Å². The minimum Gasteiger partial charge on any atom is -0.489 e. The van der Waals surface area contributed by atoms with Crippen LogP contribution in [-0.4, -0.2) is 31.8 Å². The van der Waals surface area contributed by atoms with Crippen LogP contribution in [0.4, 0.5) is 0 Å². The largest absolute Gasteiger partial charge is 0.489 e. The number of para-hydroxylation sites is 1. The van der Waals surface area contributed by atoms with Crippen molar-refractivity contribution in [2.45, 2.75) is 20.8 Å². The fourth-order valence-corrected chi connectivity index (χ4v) is 1.75. The highest BCUT2D eigenvalue weighted by Gasteiger charge is 2.47. The summed E-state index contributed by atoms with van der Waals surface area (Å²) in [5, 5.41) is 0. The minimum absolute atomic E-state index is 0.0120. The summed E-state index contributed by atoms with van der Waals surface area (Å²) in [7, 11) is 0. The first-order valence-corrected chi connectivity index (χ1v) is 7.17. The van der Waals surface area contributed by atoms with Crippen molar-refractivity contribution in [2.75, 3.05) is 19.8 Å². The lowest BCUT2D eigenvalue weighted by Gasteiger charge is -2.27. The summed E-state index contributed by atoms with van der Waals surface area (Å²) in [6, 6.07) is 9.07. The van der Waals surface area contributed by atoms with Gasteiger partial charge < -0.3 is 14.2 Å². The predicted molar refractivity (Wildman–Crippen MR) is 82.5 cm³/mol. The van der Waals surface area contributed by atoms with Gasteiger partial charge in [0.1, 0.15) is 12.4 Å². The highest BCUT2D eigenvalue weighted by atomic mass is 16.6. The van der Waals surface area contributed by atoms with Crippen molar-refractivity contribution < 1.29 is 23.8 Å². The second-order valence-electron chi connectivity index (χ2n) is 4.77. The molecule has 0 saturated carbocycles. The van der Waals surface area contributed by atoms with Gasteiger partial charge in [-0.2, -0.15) is 0 Å². The highest BCUT2D eigenvalue weighted by Crippen LogP contribution is 2.30. The van der Waals surface area contributed by atoms with E-state index in [0.717, 1.165) is 0 Å². The van der Waals surface area contributed by atoms with E-state index < -0.39 is 17.4 Å². The molecule has 1 aromatic carbocycles. The topological polar surface area (TPSA) is 61.8 Å². The molecule has 5 heteroatoms. The van der Waals surface area contributed by atoms with Crippen LogP contribution < -0.4 is 4.74 Å². The third-order valence-corrected chi connectivity index (χ3v) is 3.23. The minimum atomic E-state index is -1.58. The van der Waals surface area contributed by atoms with Crippen molar-refractivity contribution in [1.29, 1.82) is 0 Å². The molecule has 5 nitrogen and oxygen atoms in total. The van der Waals surface area contributed by atoms with Gasteiger partial charge in [0.25, 0.3) is 0 Å². The van der Waals surface area contributed by atoms with E-state index >= 15 is 0 Å². The maximum Gasteiger partial charge on any atom is 0.327 e. The third kappa shape index (κ3) is 4.10. The molecular weight excluding hydrogens is 284 g/mol. The molecule has 0 aliphatic heterocycles. The molecule has 0 radical (unpaired) electrons. The van der Waals surface area contributed by atoms with Gasteiger partial charge in [-0.15, -0.1) is 0 Å². The molecule has 120 valence electrons. The van der Waals surface area contributed by atoms with E-state index in [1.54, 1.807) is 26.0 Å². The van der Waals surface area contributed by atoms with Crippen LogP contribution in [0.25, 0.3) is 0 Å². The molecule has 0 aromatic heterocycles. The number of ether oxygens (including phenoxy) is 3. The van der Waals surface area contributed by atoms with E-state index in [9.17, 15) is 9.59 Å². The zero-order valence-corrected chi connectivity index (χ0v) is 13.3. The lowest BCUT2D eigenvalue weighted by Crippen LogP contribution is -2.42. The fraction of sp³-hybridized carbons (Fsp3) is 0.412. The molecule has 1 aromatic rings. The predicted octanol–water partition coefficient (Wildman–Crippen LogP) is 2.75. The smallest absolute Gasteiger partial charge is 0.327 e. The quantitative estimate of drug-likeness (QED) is 0.420. The van der Waals surface area contributed by atoms with Crippen molar-refractivity contribution in [3.05, 3.63) is 42.5 Å². The number of benzene rings is 1. The van der Waals surface area contributed by atoms with Crippen LogP contribution in [-0.2, 0) is 19.1 Å². The van der Waals surface area contributed by atoms with Crippen molar-refractivity contribution in [1.82, 2.24) is 0 Å². The van der Waals surface area contributed by atoms with Crippen LogP contribution in [0.3, 0.4) is 0 Å². The molecular formula is C17H22O5. The van der Waals surface area contributed by atoms with Crippen LogP contribution in [0.15, 0.2) is 42.5 Å². The molecule has 0 unspecified atom stereocenters. The summed E-state index contributed by atoms with van der Waals surface area (Å²) in [6.07, 6.45) is 0. The van der Waals surface area contributed by atoms with E-state index in [1.807, 2.05) is 18.2 Å². The Morgan fingerprint density at radius 2 is 1.55 bits per heavy atom. The number of esters is 2. The summed E-state index contributed by atoms with van der Waals surface area (Å²) >= 11 is 0. The summed E-state index contributed by atoms with van der Waals surface area (Å²) in [5.74, 6) is -0.746. The Bertz CT molecular complexity index is 503. The number of rotatable bonds is 8. The third-order valence-electron chi connectivity index (χ3n) is 3.23.